The minimum Gasteiger partial charge on any atom is -0.497 e. The number of hydrogen-bond acceptors (Lipinski definition) is 8. The van der Waals surface area contributed by atoms with Gasteiger partial charge in [-0.1, -0.05) is 11.3 Å². The van der Waals surface area contributed by atoms with Crippen LogP contribution in [0, 0.1) is 0 Å². The quantitative estimate of drug-likeness (QED) is 0.573. The summed E-state index contributed by atoms with van der Waals surface area (Å²) in [5.41, 5.74) is 0.956. The van der Waals surface area contributed by atoms with Crippen molar-refractivity contribution in [2.75, 3.05) is 28.1 Å². The number of methoxy groups -OCH3 is 3. The number of amides is 1. The van der Waals surface area contributed by atoms with Gasteiger partial charge in [-0.15, -0.1) is 0 Å². The first-order chi connectivity index (χ1) is 14.5. The number of rotatable bonds is 5. The predicted octanol–water partition coefficient (Wildman–Crippen LogP) is 2.36. The first-order valence-electron chi connectivity index (χ1n) is 8.85. The third kappa shape index (κ3) is 3.57. The highest BCUT2D eigenvalue weighted by Crippen LogP contribution is 2.37. The molecule has 2 heterocycles. The van der Waals surface area contributed by atoms with E-state index in [1.54, 1.807) is 34.9 Å². The Kier molecular flexibility index (Phi) is 5.32. The summed E-state index contributed by atoms with van der Waals surface area (Å²) in [6.45, 7) is 0.0264. The molecule has 0 saturated heterocycles. The van der Waals surface area contributed by atoms with Crippen LogP contribution in [0.25, 0.3) is 10.2 Å². The Balaban J connectivity index is 1.85. The number of hydrogen-bond donors (Lipinski definition) is 0. The van der Waals surface area contributed by atoms with E-state index in [1.165, 1.54) is 32.7 Å². The van der Waals surface area contributed by atoms with E-state index < -0.39 is 11.9 Å². The maximum atomic E-state index is 12.9. The van der Waals surface area contributed by atoms with Gasteiger partial charge in [0.15, 0.2) is 16.3 Å². The molecule has 0 saturated carbocycles. The van der Waals surface area contributed by atoms with Crippen molar-refractivity contribution in [3.8, 4) is 23.0 Å². The fourth-order valence-electron chi connectivity index (χ4n) is 3.01. The molecule has 2 aromatic carbocycles. The second-order valence-electron chi connectivity index (χ2n) is 6.20. The number of aromatic nitrogens is 1. The van der Waals surface area contributed by atoms with Crippen molar-refractivity contribution in [3.05, 3.63) is 40.7 Å². The van der Waals surface area contributed by atoms with Crippen LogP contribution in [0.4, 0.5) is 0 Å². The lowest BCUT2D eigenvalue weighted by molar-refractivity contribution is -0.141. The Labute approximate surface area is 175 Å². The number of thiazole rings is 1. The lowest BCUT2D eigenvalue weighted by Crippen LogP contribution is -2.22. The van der Waals surface area contributed by atoms with Crippen molar-refractivity contribution < 1.29 is 33.3 Å². The molecule has 0 spiro atoms. The topological polar surface area (TPSA) is 97.6 Å². The van der Waals surface area contributed by atoms with Gasteiger partial charge in [0.2, 0.25) is 6.79 Å². The molecule has 10 heteroatoms. The molecule has 3 aromatic rings. The van der Waals surface area contributed by atoms with Crippen molar-refractivity contribution >= 4 is 33.4 Å². The molecule has 1 aliphatic rings. The van der Waals surface area contributed by atoms with Crippen LogP contribution in [-0.2, 0) is 16.1 Å². The second-order valence-corrected chi connectivity index (χ2v) is 7.21. The number of carbonyl (C=O) groups is 2. The van der Waals surface area contributed by atoms with Crippen molar-refractivity contribution in [1.82, 2.24) is 4.57 Å². The van der Waals surface area contributed by atoms with Crippen LogP contribution in [0.2, 0.25) is 0 Å². The van der Waals surface area contributed by atoms with Crippen molar-refractivity contribution in [3.63, 3.8) is 0 Å². The van der Waals surface area contributed by atoms with Gasteiger partial charge in [0.1, 0.15) is 18.0 Å². The average Bonchev–Trinajstić information content (AvgIpc) is 3.35. The largest absolute Gasteiger partial charge is 0.497 e. The van der Waals surface area contributed by atoms with E-state index in [9.17, 15) is 9.59 Å². The number of benzene rings is 2. The number of fused-ring (bicyclic) bond motifs is 2. The van der Waals surface area contributed by atoms with Gasteiger partial charge in [0, 0.05) is 18.2 Å². The van der Waals surface area contributed by atoms with Crippen molar-refractivity contribution in [2.24, 2.45) is 4.99 Å². The smallest absolute Gasteiger partial charge is 0.325 e. The second kappa shape index (κ2) is 8.07. The van der Waals surface area contributed by atoms with E-state index in [2.05, 4.69) is 4.99 Å². The standard InChI is InChI=1S/C20H18N2O7S/c1-25-11-4-5-12(14(6-11)26-2)19(24)21-20-22(9-18(23)27-3)13-7-15-16(29-10-28-15)8-17(13)30-20/h4-8H,9-10H2,1-3H3. The Morgan fingerprint density at radius 3 is 2.57 bits per heavy atom. The molecule has 0 N–H and O–H groups in total. The average molecular weight is 430 g/mol. The molecule has 1 amide bonds. The van der Waals surface area contributed by atoms with Crippen LogP contribution >= 0.6 is 11.3 Å². The molecule has 156 valence electrons. The zero-order valence-electron chi connectivity index (χ0n) is 16.5. The Hall–Kier alpha value is -3.53. The van der Waals surface area contributed by atoms with Crippen LogP contribution < -0.4 is 23.7 Å². The van der Waals surface area contributed by atoms with Crippen LogP contribution in [-0.4, -0.2) is 44.6 Å². The Bertz CT molecular complexity index is 1210. The number of carbonyl (C=O) groups excluding carboxylic acids is 2. The fourth-order valence-corrected chi connectivity index (χ4v) is 4.05. The number of nitrogens with zero attached hydrogens (tertiary/aromatic N) is 2. The van der Waals surface area contributed by atoms with Gasteiger partial charge >= 0.3 is 5.97 Å². The first kappa shape index (κ1) is 19.8. The molecule has 0 atom stereocenters. The summed E-state index contributed by atoms with van der Waals surface area (Å²) in [5.74, 6) is 1.07. The summed E-state index contributed by atoms with van der Waals surface area (Å²) in [6.07, 6.45) is 0. The van der Waals surface area contributed by atoms with Gasteiger partial charge in [-0.2, -0.15) is 4.99 Å². The lowest BCUT2D eigenvalue weighted by atomic mass is 10.2. The maximum Gasteiger partial charge on any atom is 0.325 e. The fraction of sp³-hybridized carbons (Fsp3) is 0.250. The molecule has 0 fully saturated rings. The van der Waals surface area contributed by atoms with E-state index >= 15 is 0 Å². The zero-order chi connectivity index (χ0) is 21.3. The highest BCUT2D eigenvalue weighted by atomic mass is 32.1. The zero-order valence-corrected chi connectivity index (χ0v) is 17.3. The van der Waals surface area contributed by atoms with Gasteiger partial charge in [-0.25, -0.2) is 0 Å². The van der Waals surface area contributed by atoms with Crippen molar-refractivity contribution in [2.45, 2.75) is 6.54 Å². The lowest BCUT2D eigenvalue weighted by Gasteiger charge is -2.07. The molecule has 1 aromatic heterocycles. The summed E-state index contributed by atoms with van der Waals surface area (Å²) >= 11 is 1.25. The summed E-state index contributed by atoms with van der Waals surface area (Å²) in [6, 6.07) is 8.40. The highest BCUT2D eigenvalue weighted by molar-refractivity contribution is 7.16. The Morgan fingerprint density at radius 2 is 1.87 bits per heavy atom. The third-order valence-electron chi connectivity index (χ3n) is 4.53. The molecular weight excluding hydrogens is 412 g/mol. The molecule has 1 aliphatic heterocycles. The van der Waals surface area contributed by atoms with E-state index in [0.29, 0.717) is 33.3 Å². The summed E-state index contributed by atoms with van der Waals surface area (Å²) in [4.78, 5) is 29.5. The molecule has 30 heavy (non-hydrogen) atoms. The van der Waals surface area contributed by atoms with Crippen LogP contribution in [0.1, 0.15) is 10.4 Å². The highest BCUT2D eigenvalue weighted by Gasteiger charge is 2.20. The van der Waals surface area contributed by atoms with Gasteiger partial charge in [-0.3, -0.25) is 9.59 Å². The number of esters is 1. The monoisotopic (exact) mass is 430 g/mol. The van der Waals surface area contributed by atoms with Gasteiger partial charge in [-0.05, 0) is 12.1 Å². The van der Waals surface area contributed by atoms with E-state index in [4.69, 9.17) is 23.7 Å². The van der Waals surface area contributed by atoms with Crippen molar-refractivity contribution in [1.29, 1.82) is 0 Å². The SMILES string of the molecule is COC(=O)Cn1c(=NC(=O)c2ccc(OC)cc2OC)sc2cc3c(cc21)OCO3. The van der Waals surface area contributed by atoms with E-state index in [0.717, 1.165) is 4.70 Å². The number of ether oxygens (including phenoxy) is 5. The molecule has 4 rings (SSSR count). The predicted molar refractivity (Wildman–Crippen MR) is 107 cm³/mol. The molecule has 0 radical (unpaired) electrons. The Morgan fingerprint density at radius 1 is 1.10 bits per heavy atom. The third-order valence-corrected chi connectivity index (χ3v) is 5.57. The van der Waals surface area contributed by atoms with Gasteiger partial charge in [0.25, 0.3) is 5.91 Å². The first-order valence-corrected chi connectivity index (χ1v) is 9.66. The summed E-state index contributed by atoms with van der Waals surface area (Å²) in [7, 11) is 4.29. The molecular formula is C20H18N2O7S. The van der Waals surface area contributed by atoms with Crippen LogP contribution in [0.15, 0.2) is 35.3 Å². The molecule has 0 aliphatic carbocycles. The summed E-state index contributed by atoms with van der Waals surface area (Å²) in [5, 5.41) is 0. The van der Waals surface area contributed by atoms with E-state index in [-0.39, 0.29) is 18.9 Å². The minimum atomic E-state index is -0.514. The maximum absolute atomic E-state index is 12.9. The van der Waals surface area contributed by atoms with E-state index in [1.807, 2.05) is 0 Å². The van der Waals surface area contributed by atoms with Gasteiger partial charge < -0.3 is 28.3 Å². The molecule has 9 nitrogen and oxygen atoms in total. The molecule has 0 bridgehead atoms. The molecule has 0 unspecified atom stereocenters. The minimum absolute atomic E-state index is 0.109. The van der Waals surface area contributed by atoms with Crippen LogP contribution in [0.3, 0.4) is 0 Å². The normalized spacial score (nSPS) is 12.8. The summed E-state index contributed by atoms with van der Waals surface area (Å²) < 4.78 is 28.5. The van der Waals surface area contributed by atoms with Crippen LogP contribution in [0.5, 0.6) is 23.0 Å². The van der Waals surface area contributed by atoms with Gasteiger partial charge in [0.05, 0.1) is 37.1 Å².